The Balaban J connectivity index is 1.77. The Morgan fingerprint density at radius 3 is 1.72 bits per heavy atom. The summed E-state index contributed by atoms with van der Waals surface area (Å²) < 4.78 is 117. The molecule has 5 rings (SSSR count). The van der Waals surface area contributed by atoms with Gasteiger partial charge in [0.1, 0.15) is 48.9 Å². The molecule has 0 saturated heterocycles. The number of aromatic hydroxyl groups is 2. The first-order valence-electron chi connectivity index (χ1n) is 14.7. The maximum Gasteiger partial charge on any atom is 0.296 e. The first-order valence-corrected chi connectivity index (χ1v) is 20.5. The van der Waals surface area contributed by atoms with Gasteiger partial charge in [-0.05, 0) is 53.2 Å². The summed E-state index contributed by atoms with van der Waals surface area (Å²) in [6.45, 7) is 0. The lowest BCUT2D eigenvalue weighted by atomic mass is 10.1. The minimum atomic E-state index is -5.19. The highest BCUT2D eigenvalue weighted by atomic mass is 32.2. The van der Waals surface area contributed by atoms with E-state index < -0.39 is 90.7 Å². The van der Waals surface area contributed by atoms with Gasteiger partial charge in [-0.2, -0.15) is 35.5 Å². The van der Waals surface area contributed by atoms with Crippen molar-refractivity contribution in [2.45, 2.75) is 24.5 Å². The Hall–Kier alpha value is -5.19. The molecule has 0 aromatic heterocycles. The van der Waals surface area contributed by atoms with E-state index in [1.165, 1.54) is 13.2 Å². The van der Waals surface area contributed by atoms with Gasteiger partial charge < -0.3 is 20.7 Å². The van der Waals surface area contributed by atoms with E-state index >= 15 is 0 Å². The highest BCUT2D eigenvalue weighted by Gasteiger charge is 2.27. The van der Waals surface area contributed by atoms with Gasteiger partial charge in [0.15, 0.2) is 11.5 Å². The van der Waals surface area contributed by atoms with Crippen LogP contribution in [-0.2, 0) is 49.1 Å². The second kappa shape index (κ2) is 17.3. The van der Waals surface area contributed by atoms with Gasteiger partial charge in [0.25, 0.3) is 30.4 Å². The maximum atomic E-state index is 12.6. The fourth-order valence-corrected chi connectivity index (χ4v) is 8.04. The summed E-state index contributed by atoms with van der Waals surface area (Å²) in [7, 11) is -12.8. The molecule has 0 bridgehead atoms. The number of nitrogens with two attached hydrogens (primary N) is 1. The largest absolute Gasteiger partial charge is 0.505 e. The van der Waals surface area contributed by atoms with Gasteiger partial charge in [0.05, 0.1) is 52.1 Å². The van der Waals surface area contributed by atoms with Gasteiger partial charge in [-0.25, -0.2) is 10.5 Å². The molecule has 30 heteroatoms. The van der Waals surface area contributed by atoms with Gasteiger partial charge >= 0.3 is 0 Å². The fourth-order valence-electron chi connectivity index (χ4n) is 5.10. The Kier molecular flexibility index (Phi) is 13.1. The molecule has 5 aromatic rings. The molecule has 0 aliphatic rings. The van der Waals surface area contributed by atoms with Gasteiger partial charge in [-0.15, -0.1) is 29.1 Å². The van der Waals surface area contributed by atoms with Crippen molar-refractivity contribution in [2.24, 2.45) is 30.7 Å². The van der Waals surface area contributed by atoms with Gasteiger partial charge in [-0.3, -0.25) is 13.7 Å². The molecule has 0 aliphatic heterocycles. The number of azo groups is 3. The van der Waals surface area contributed by atoms with Crippen molar-refractivity contribution in [1.82, 2.24) is 0 Å². The van der Waals surface area contributed by atoms with E-state index in [1.54, 1.807) is 0 Å². The molecule has 0 fully saturated rings. The molecule has 0 aliphatic carbocycles. The second-order valence-corrected chi connectivity index (χ2v) is 16.5. The Morgan fingerprint density at radius 2 is 1.16 bits per heavy atom. The predicted molar refractivity (Wildman–Crippen MR) is 198 cm³/mol. The Morgan fingerprint density at radius 1 is 0.621 bits per heavy atom. The van der Waals surface area contributed by atoms with Gasteiger partial charge in [0.2, 0.25) is 0 Å². The molecule has 0 heterocycles. The van der Waals surface area contributed by atoms with E-state index in [-0.39, 0.29) is 61.2 Å². The SMILES string of the molecule is CN=Nc1c(S(=O)(=O)O)cc2cc(SOOO)c(N=Nc3cc4c(O)c(N=Nc5ccc(OC)cc5S(=O)(=O)O)c(SOOO)cc4cc3S(=O)(=O)O)c(N)c2c1O. The molecule has 5 aromatic carbocycles. The number of phenols is 2. The standard InChI is InChI=1S/C28H23N7O18S5/c1-30-33-26-21(58(46,47)48)8-12-6-17(54-52-50-38)24(23(29)22(12)28(26)37)34-32-16-10-14-11(7-19(16)56(40,41)42)5-18(55-53-51-39)25(27(14)36)35-31-15-4-3-13(49-2)9-20(15)57(43,44)45/h3-10,36-39H,29H2,1-2H3,(H,40,41,42)(H,43,44,45)(H,46,47,48). The van der Waals surface area contributed by atoms with E-state index in [1.807, 2.05) is 0 Å². The van der Waals surface area contributed by atoms with E-state index in [0.29, 0.717) is 0 Å². The van der Waals surface area contributed by atoms with Crippen molar-refractivity contribution in [3.05, 3.63) is 48.5 Å². The average molecular weight is 906 g/mol. The number of benzene rings is 5. The summed E-state index contributed by atoms with van der Waals surface area (Å²) in [5.41, 5.74) is 2.95. The van der Waals surface area contributed by atoms with E-state index in [0.717, 1.165) is 49.5 Å². The van der Waals surface area contributed by atoms with E-state index in [9.17, 15) is 49.1 Å². The molecule has 308 valence electrons. The quantitative estimate of drug-likeness (QED) is 0.0129. The molecule has 58 heavy (non-hydrogen) atoms. The van der Waals surface area contributed by atoms with Crippen LogP contribution in [0.3, 0.4) is 0 Å². The summed E-state index contributed by atoms with van der Waals surface area (Å²) in [6.07, 6.45) is 0. The number of methoxy groups -OCH3 is 1. The number of nitrogens with zero attached hydrogens (tertiary/aromatic N) is 6. The number of fused-ring (bicyclic) bond motifs is 2. The lowest BCUT2D eigenvalue weighted by Crippen LogP contribution is -2.00. The number of anilines is 1. The molecule has 0 amide bonds. The summed E-state index contributed by atoms with van der Waals surface area (Å²) in [5, 5.41) is 68.8. The van der Waals surface area contributed by atoms with Crippen LogP contribution in [0.4, 0.5) is 34.1 Å². The van der Waals surface area contributed by atoms with Crippen molar-refractivity contribution < 1.29 is 83.1 Å². The zero-order valence-electron chi connectivity index (χ0n) is 28.5. The zero-order chi connectivity index (χ0) is 42.7. The third kappa shape index (κ3) is 9.24. The van der Waals surface area contributed by atoms with Crippen LogP contribution in [0.1, 0.15) is 0 Å². The number of nitrogen functional groups attached to an aromatic ring is 1. The van der Waals surface area contributed by atoms with Crippen LogP contribution >= 0.6 is 24.1 Å². The number of rotatable bonds is 15. The topological polar surface area (TPSA) is 390 Å². The van der Waals surface area contributed by atoms with Crippen LogP contribution < -0.4 is 10.5 Å². The molecule has 25 nitrogen and oxygen atoms in total. The molecule has 0 radical (unpaired) electrons. The number of hydrogen-bond acceptors (Lipinski definition) is 24. The first-order chi connectivity index (χ1) is 27.2. The van der Waals surface area contributed by atoms with Crippen LogP contribution in [-0.4, -0.2) is 73.8 Å². The molecule has 0 spiro atoms. The van der Waals surface area contributed by atoms with Crippen LogP contribution in [0.15, 0.2) is 104 Å². The third-order valence-electron chi connectivity index (χ3n) is 7.47. The van der Waals surface area contributed by atoms with E-state index in [2.05, 4.69) is 49.4 Å². The summed E-state index contributed by atoms with van der Waals surface area (Å²) in [6, 6.07) is 8.05. The lowest BCUT2D eigenvalue weighted by molar-refractivity contribution is -0.432. The predicted octanol–water partition coefficient (Wildman–Crippen LogP) is 7.14. The minimum Gasteiger partial charge on any atom is -0.505 e. The lowest BCUT2D eigenvalue weighted by Gasteiger charge is -2.14. The number of hydrogen-bond donors (Lipinski definition) is 8. The molecule has 0 atom stereocenters. The second-order valence-electron chi connectivity index (χ2n) is 10.8. The fraction of sp³-hybridized carbons (Fsp3) is 0.0714. The van der Waals surface area contributed by atoms with Crippen molar-refractivity contribution in [3.63, 3.8) is 0 Å². The summed E-state index contributed by atoms with van der Waals surface area (Å²) >= 11 is 0.409. The van der Waals surface area contributed by atoms with E-state index in [4.69, 9.17) is 21.0 Å². The van der Waals surface area contributed by atoms with Crippen molar-refractivity contribution in [1.29, 1.82) is 0 Å². The molecular weight excluding hydrogens is 883 g/mol. The monoisotopic (exact) mass is 905 g/mol. The molecule has 9 N–H and O–H groups in total. The highest BCUT2D eigenvalue weighted by molar-refractivity contribution is 7.95. The zero-order valence-corrected chi connectivity index (χ0v) is 32.6. The molecular formula is C28H23N7O18S5. The molecule has 0 saturated carbocycles. The first kappa shape index (κ1) is 43.9. The third-order valence-corrected chi connectivity index (χ3v) is 11.3. The van der Waals surface area contributed by atoms with Crippen molar-refractivity contribution in [3.8, 4) is 17.2 Å². The summed E-state index contributed by atoms with van der Waals surface area (Å²) in [5.74, 6) is -1.72. The van der Waals surface area contributed by atoms with Crippen molar-refractivity contribution >= 4 is 110 Å². The van der Waals surface area contributed by atoms with Crippen molar-refractivity contribution in [2.75, 3.05) is 19.9 Å². The average Bonchev–Trinajstić information content (AvgIpc) is 3.15. The summed E-state index contributed by atoms with van der Waals surface area (Å²) in [4.78, 5) is -3.07. The van der Waals surface area contributed by atoms with Gasteiger partial charge in [-0.1, -0.05) is 10.1 Å². The van der Waals surface area contributed by atoms with Crippen LogP contribution in [0.5, 0.6) is 17.2 Å². The number of ether oxygens (including phenoxy) is 1. The van der Waals surface area contributed by atoms with Crippen LogP contribution in [0.2, 0.25) is 0 Å². The van der Waals surface area contributed by atoms with Crippen LogP contribution in [0.25, 0.3) is 21.5 Å². The Labute approximate surface area is 332 Å². The molecule has 0 unspecified atom stereocenters. The maximum absolute atomic E-state index is 12.6. The Bertz CT molecular complexity index is 2890. The normalized spacial score (nSPS) is 12.9. The minimum absolute atomic E-state index is 0.0161. The van der Waals surface area contributed by atoms with Gasteiger partial charge in [0, 0.05) is 18.5 Å². The smallest absolute Gasteiger partial charge is 0.296 e. The van der Waals surface area contributed by atoms with Crippen LogP contribution in [0, 0.1) is 0 Å². The number of phenolic OH excluding ortho intramolecular Hbond substituents is 2. The highest BCUT2D eigenvalue weighted by Crippen LogP contribution is 2.50.